The lowest BCUT2D eigenvalue weighted by molar-refractivity contribution is 0.166. The van der Waals surface area contributed by atoms with Gasteiger partial charge in [0.2, 0.25) is 5.88 Å². The van der Waals surface area contributed by atoms with Gasteiger partial charge in [-0.15, -0.1) is 11.6 Å². The summed E-state index contributed by atoms with van der Waals surface area (Å²) in [5, 5.41) is 0. The first-order valence-corrected chi connectivity index (χ1v) is 6.67. The van der Waals surface area contributed by atoms with Crippen molar-refractivity contribution in [3.05, 3.63) is 23.9 Å². The van der Waals surface area contributed by atoms with E-state index in [4.69, 9.17) is 28.6 Å². The number of hydrogen-bond acceptors (Lipinski definition) is 3. The summed E-state index contributed by atoms with van der Waals surface area (Å²) >= 11 is 11.3. The molecular formula is C12H15ClN2OS. The smallest absolute Gasteiger partial charge is 0.224 e. The van der Waals surface area contributed by atoms with Crippen molar-refractivity contribution in [2.24, 2.45) is 0 Å². The van der Waals surface area contributed by atoms with Crippen LogP contribution in [0.2, 0.25) is 0 Å². The lowest BCUT2D eigenvalue weighted by Gasteiger charge is -2.23. The Morgan fingerprint density at radius 3 is 3.18 bits per heavy atom. The van der Waals surface area contributed by atoms with Crippen molar-refractivity contribution in [1.29, 1.82) is 0 Å². The van der Waals surface area contributed by atoms with Gasteiger partial charge in [-0.25, -0.2) is 4.98 Å². The van der Waals surface area contributed by atoms with E-state index >= 15 is 0 Å². The number of pyridine rings is 1. The average molecular weight is 271 g/mol. The molecule has 0 saturated heterocycles. The Labute approximate surface area is 112 Å². The van der Waals surface area contributed by atoms with Crippen LogP contribution in [0.5, 0.6) is 5.88 Å². The fraction of sp³-hybridized carbons (Fsp3) is 0.500. The minimum Gasteiger partial charge on any atom is -0.472 e. The highest BCUT2D eigenvalue weighted by Gasteiger charge is 2.25. The molecule has 0 saturated carbocycles. The maximum atomic E-state index is 5.88. The normalized spacial score (nSPS) is 19.5. The van der Waals surface area contributed by atoms with Crippen LogP contribution < -0.4 is 4.74 Å². The van der Waals surface area contributed by atoms with Gasteiger partial charge in [-0.1, -0.05) is 12.2 Å². The number of fused-ring (bicyclic) bond motifs is 1. The maximum absolute atomic E-state index is 5.88. The van der Waals surface area contributed by atoms with E-state index in [1.165, 1.54) is 0 Å². The largest absolute Gasteiger partial charge is 0.472 e. The number of hydrogen-bond donors (Lipinski definition) is 0. The third kappa shape index (κ3) is 2.69. The van der Waals surface area contributed by atoms with Crippen molar-refractivity contribution in [3.8, 4) is 5.88 Å². The first-order valence-electron chi connectivity index (χ1n) is 5.73. The first-order chi connectivity index (χ1) is 8.26. The molecule has 1 aromatic heterocycles. The minimum absolute atomic E-state index is 0.0570. The summed E-state index contributed by atoms with van der Waals surface area (Å²) in [4.78, 5) is 7.20. The predicted octanol–water partition coefficient (Wildman–Crippen LogP) is 2.47. The van der Waals surface area contributed by atoms with E-state index in [-0.39, 0.29) is 6.10 Å². The molecule has 0 amide bonds. The van der Waals surface area contributed by atoms with Crippen molar-refractivity contribution in [2.75, 3.05) is 19.0 Å². The molecule has 0 radical (unpaired) electrons. The third-order valence-corrected chi connectivity index (χ3v) is 3.50. The Morgan fingerprint density at radius 2 is 2.47 bits per heavy atom. The predicted molar refractivity (Wildman–Crippen MR) is 72.9 cm³/mol. The number of rotatable bonds is 3. The Bertz CT molecular complexity index is 413. The van der Waals surface area contributed by atoms with Gasteiger partial charge in [0.25, 0.3) is 0 Å². The van der Waals surface area contributed by atoms with Crippen molar-refractivity contribution >= 4 is 28.8 Å². The zero-order chi connectivity index (χ0) is 12.3. The molecule has 0 spiro atoms. The van der Waals surface area contributed by atoms with Gasteiger partial charge in [-0.2, -0.15) is 0 Å². The highest BCUT2D eigenvalue weighted by Crippen LogP contribution is 2.24. The lowest BCUT2D eigenvalue weighted by Crippen LogP contribution is -2.36. The van der Waals surface area contributed by atoms with Crippen molar-refractivity contribution in [2.45, 2.75) is 19.4 Å². The van der Waals surface area contributed by atoms with E-state index in [2.05, 4.69) is 16.8 Å². The highest BCUT2D eigenvalue weighted by atomic mass is 35.5. The Morgan fingerprint density at radius 1 is 1.65 bits per heavy atom. The molecule has 0 aromatic carbocycles. The molecule has 0 fully saturated rings. The van der Waals surface area contributed by atoms with Crippen LogP contribution in [-0.2, 0) is 0 Å². The summed E-state index contributed by atoms with van der Waals surface area (Å²) in [6.07, 6.45) is 2.58. The van der Waals surface area contributed by atoms with Crippen LogP contribution in [0.4, 0.5) is 0 Å². The van der Waals surface area contributed by atoms with Crippen molar-refractivity contribution in [3.63, 3.8) is 0 Å². The monoisotopic (exact) mass is 270 g/mol. The first kappa shape index (κ1) is 12.6. The Kier molecular flexibility index (Phi) is 4.18. The van der Waals surface area contributed by atoms with Crippen LogP contribution >= 0.6 is 23.8 Å². The van der Waals surface area contributed by atoms with Gasteiger partial charge >= 0.3 is 0 Å². The molecule has 2 rings (SSSR count). The van der Waals surface area contributed by atoms with E-state index in [1.807, 2.05) is 12.1 Å². The molecular weight excluding hydrogens is 256 g/mol. The number of nitrogens with zero attached hydrogens (tertiary/aromatic N) is 2. The van der Waals surface area contributed by atoms with Gasteiger partial charge in [0.15, 0.2) is 0 Å². The van der Waals surface area contributed by atoms with Crippen LogP contribution in [-0.4, -0.2) is 39.9 Å². The van der Waals surface area contributed by atoms with E-state index in [1.54, 1.807) is 6.20 Å². The molecule has 3 nitrogen and oxygen atoms in total. The quantitative estimate of drug-likeness (QED) is 0.622. The zero-order valence-corrected chi connectivity index (χ0v) is 11.3. The van der Waals surface area contributed by atoms with Gasteiger partial charge in [0.1, 0.15) is 11.1 Å². The number of halogens is 1. The molecule has 17 heavy (non-hydrogen) atoms. The lowest BCUT2D eigenvalue weighted by atomic mass is 10.2. The van der Waals surface area contributed by atoms with Gasteiger partial charge in [0.05, 0.1) is 12.1 Å². The molecule has 1 atom stereocenters. The van der Waals surface area contributed by atoms with E-state index in [0.29, 0.717) is 11.8 Å². The number of aromatic nitrogens is 1. The SMILES string of the molecule is CCN1CC(CCCl)Oc2ncccc2C1=S. The third-order valence-electron chi connectivity index (χ3n) is 2.80. The molecule has 1 aromatic rings. The maximum Gasteiger partial charge on any atom is 0.224 e. The summed E-state index contributed by atoms with van der Waals surface area (Å²) in [5.41, 5.74) is 0.904. The molecule has 1 aliphatic rings. The van der Waals surface area contributed by atoms with Crippen LogP contribution in [0.25, 0.3) is 0 Å². The molecule has 1 aliphatic heterocycles. The fourth-order valence-electron chi connectivity index (χ4n) is 1.89. The van der Waals surface area contributed by atoms with Crippen molar-refractivity contribution in [1.82, 2.24) is 9.88 Å². The molecule has 5 heteroatoms. The summed E-state index contributed by atoms with van der Waals surface area (Å²) in [6.45, 7) is 3.74. The minimum atomic E-state index is 0.0570. The second kappa shape index (κ2) is 5.65. The summed E-state index contributed by atoms with van der Waals surface area (Å²) in [5.74, 6) is 1.21. The van der Waals surface area contributed by atoms with Gasteiger partial charge in [-0.05, 0) is 25.5 Å². The van der Waals surface area contributed by atoms with E-state index < -0.39 is 0 Å². The molecule has 92 valence electrons. The van der Waals surface area contributed by atoms with Gasteiger partial charge < -0.3 is 9.64 Å². The Hall–Kier alpha value is -0.870. The van der Waals surface area contributed by atoms with Gasteiger partial charge in [0, 0.05) is 18.6 Å². The molecule has 1 unspecified atom stereocenters. The zero-order valence-electron chi connectivity index (χ0n) is 9.73. The van der Waals surface area contributed by atoms with E-state index in [0.717, 1.165) is 30.1 Å². The molecule has 0 N–H and O–H groups in total. The summed E-state index contributed by atoms with van der Waals surface area (Å²) in [7, 11) is 0. The number of alkyl halides is 1. The van der Waals surface area contributed by atoms with Crippen molar-refractivity contribution < 1.29 is 4.74 Å². The number of thiocarbonyl (C=S) groups is 1. The Balaban J connectivity index is 2.33. The fourth-order valence-corrected chi connectivity index (χ4v) is 2.49. The topological polar surface area (TPSA) is 25.4 Å². The highest BCUT2D eigenvalue weighted by molar-refractivity contribution is 7.80. The van der Waals surface area contributed by atoms with Gasteiger partial charge in [-0.3, -0.25) is 0 Å². The molecule has 0 aliphatic carbocycles. The second-order valence-electron chi connectivity index (χ2n) is 3.92. The van der Waals surface area contributed by atoms with E-state index in [9.17, 15) is 0 Å². The second-order valence-corrected chi connectivity index (χ2v) is 4.68. The van der Waals surface area contributed by atoms with Crippen LogP contribution in [0.15, 0.2) is 18.3 Å². The number of ether oxygens (including phenoxy) is 1. The number of likely N-dealkylation sites (N-methyl/N-ethyl adjacent to an activating group) is 1. The summed E-state index contributed by atoms with van der Waals surface area (Å²) in [6, 6.07) is 3.83. The van der Waals surface area contributed by atoms with Crippen LogP contribution in [0.3, 0.4) is 0 Å². The van der Waals surface area contributed by atoms with Crippen LogP contribution in [0, 0.1) is 0 Å². The summed E-state index contributed by atoms with van der Waals surface area (Å²) < 4.78 is 5.88. The van der Waals surface area contributed by atoms with Crippen LogP contribution in [0.1, 0.15) is 18.9 Å². The standard InChI is InChI=1S/C12H15ClN2OS/c1-2-15-8-9(5-6-13)16-11-10(12(15)17)4-3-7-14-11/h3-4,7,9H,2,5-6,8H2,1H3. The average Bonchev–Trinajstić information content (AvgIpc) is 2.48. The molecule has 0 bridgehead atoms. The molecule has 2 heterocycles.